The average Bonchev–Trinajstić information content (AvgIpc) is 3.18. The van der Waals surface area contributed by atoms with Gasteiger partial charge >= 0.3 is 0 Å². The van der Waals surface area contributed by atoms with Gasteiger partial charge in [-0.05, 0) is 36.4 Å². The van der Waals surface area contributed by atoms with E-state index in [4.69, 9.17) is 25.5 Å². The minimum atomic E-state index is -0.237. The lowest BCUT2D eigenvalue weighted by atomic mass is 10.1. The van der Waals surface area contributed by atoms with Crippen molar-refractivity contribution < 1.29 is 18.7 Å². The number of halogens is 1. The average molecular weight is 372 g/mol. The lowest BCUT2D eigenvalue weighted by Crippen LogP contribution is -2.30. The Bertz CT molecular complexity index is 893. The molecule has 0 radical (unpaired) electrons. The van der Waals surface area contributed by atoms with Gasteiger partial charge < -0.3 is 18.8 Å². The number of anilines is 1. The van der Waals surface area contributed by atoms with E-state index in [1.54, 1.807) is 73.9 Å². The van der Waals surface area contributed by atoms with E-state index in [2.05, 4.69) is 0 Å². The zero-order chi connectivity index (χ0) is 18.5. The summed E-state index contributed by atoms with van der Waals surface area (Å²) in [5, 5.41) is 0.391. The summed E-state index contributed by atoms with van der Waals surface area (Å²) >= 11 is 6.22. The summed E-state index contributed by atoms with van der Waals surface area (Å²) < 4.78 is 16.1. The Morgan fingerprint density at radius 2 is 1.81 bits per heavy atom. The Morgan fingerprint density at radius 1 is 1.04 bits per heavy atom. The fourth-order valence-corrected chi connectivity index (χ4v) is 2.83. The number of carbonyl (C=O) groups is 1. The number of rotatable bonds is 6. The molecule has 0 aliphatic carbocycles. The first kappa shape index (κ1) is 17.9. The normalized spacial score (nSPS) is 10.4. The van der Waals surface area contributed by atoms with Crippen molar-refractivity contribution in [1.82, 2.24) is 0 Å². The fraction of sp³-hybridized carbons (Fsp3) is 0.150. The van der Waals surface area contributed by atoms with Gasteiger partial charge in [0.1, 0.15) is 5.76 Å². The molecule has 3 aromatic rings. The van der Waals surface area contributed by atoms with Crippen LogP contribution in [0, 0.1) is 0 Å². The van der Waals surface area contributed by atoms with Crippen molar-refractivity contribution in [2.75, 3.05) is 19.1 Å². The number of furan rings is 1. The minimum Gasteiger partial charge on any atom is -0.493 e. The molecule has 0 fully saturated rings. The molecule has 0 spiro atoms. The zero-order valence-corrected chi connectivity index (χ0v) is 15.2. The number of benzene rings is 2. The molecular weight excluding hydrogens is 354 g/mol. The molecule has 0 aliphatic rings. The van der Waals surface area contributed by atoms with Crippen LogP contribution in [-0.4, -0.2) is 20.1 Å². The number of hydrogen-bond donors (Lipinski definition) is 0. The third kappa shape index (κ3) is 3.68. The van der Waals surface area contributed by atoms with Crippen molar-refractivity contribution in [2.45, 2.75) is 6.54 Å². The number of nitrogens with zero attached hydrogens (tertiary/aromatic N) is 1. The van der Waals surface area contributed by atoms with E-state index in [1.165, 1.54) is 0 Å². The van der Waals surface area contributed by atoms with Gasteiger partial charge in [-0.2, -0.15) is 0 Å². The number of amides is 1. The molecular formula is C20H18ClNO4. The number of carbonyl (C=O) groups excluding carboxylic acids is 1. The monoisotopic (exact) mass is 371 g/mol. The summed E-state index contributed by atoms with van der Waals surface area (Å²) in [6.45, 7) is 0.256. The largest absolute Gasteiger partial charge is 0.493 e. The highest BCUT2D eigenvalue weighted by Gasteiger charge is 2.22. The van der Waals surface area contributed by atoms with Gasteiger partial charge in [0.25, 0.3) is 5.91 Å². The molecule has 0 bridgehead atoms. The maximum Gasteiger partial charge on any atom is 0.260 e. The summed E-state index contributed by atoms with van der Waals surface area (Å²) in [4.78, 5) is 14.8. The molecule has 5 nitrogen and oxygen atoms in total. The quantitative estimate of drug-likeness (QED) is 0.624. The molecule has 1 heterocycles. The van der Waals surface area contributed by atoms with Gasteiger partial charge in [0.15, 0.2) is 11.5 Å². The van der Waals surface area contributed by atoms with E-state index in [0.29, 0.717) is 33.5 Å². The highest BCUT2D eigenvalue weighted by Crippen LogP contribution is 2.33. The number of methoxy groups -OCH3 is 2. The molecule has 3 rings (SSSR count). The maximum absolute atomic E-state index is 13.2. The molecule has 2 aromatic carbocycles. The van der Waals surface area contributed by atoms with E-state index >= 15 is 0 Å². The molecule has 26 heavy (non-hydrogen) atoms. The van der Waals surface area contributed by atoms with Crippen LogP contribution >= 0.6 is 11.6 Å². The Labute approximate surface area is 156 Å². The van der Waals surface area contributed by atoms with Crippen LogP contribution in [0.1, 0.15) is 16.1 Å². The predicted molar refractivity (Wildman–Crippen MR) is 100 cm³/mol. The highest BCUT2D eigenvalue weighted by molar-refractivity contribution is 6.34. The van der Waals surface area contributed by atoms with Gasteiger partial charge in [-0.15, -0.1) is 0 Å². The first-order valence-electron chi connectivity index (χ1n) is 7.95. The van der Waals surface area contributed by atoms with Crippen molar-refractivity contribution in [2.24, 2.45) is 0 Å². The Kier molecular flexibility index (Phi) is 5.49. The van der Waals surface area contributed by atoms with Crippen LogP contribution in [0.25, 0.3) is 0 Å². The van der Waals surface area contributed by atoms with Gasteiger partial charge in [0, 0.05) is 11.8 Å². The van der Waals surface area contributed by atoms with Crippen LogP contribution in [0.2, 0.25) is 5.02 Å². The lowest BCUT2D eigenvalue weighted by molar-refractivity contribution is 0.0983. The molecule has 0 saturated carbocycles. The first-order chi connectivity index (χ1) is 12.6. The van der Waals surface area contributed by atoms with E-state index in [9.17, 15) is 4.79 Å². The standard InChI is InChI=1S/C20H18ClNO4/c1-24-18-10-9-14(12-19(18)25-2)22(13-15-6-5-11-26-15)20(23)16-7-3-4-8-17(16)21/h3-12H,13H2,1-2H3. The van der Waals surface area contributed by atoms with E-state index in [1.807, 2.05) is 6.07 Å². The second-order valence-electron chi connectivity index (χ2n) is 5.49. The molecule has 0 N–H and O–H groups in total. The van der Waals surface area contributed by atoms with Gasteiger partial charge in [0.2, 0.25) is 0 Å². The second kappa shape index (κ2) is 7.97. The van der Waals surface area contributed by atoms with Crippen LogP contribution in [0.4, 0.5) is 5.69 Å². The van der Waals surface area contributed by atoms with Crippen LogP contribution in [0.15, 0.2) is 65.3 Å². The first-order valence-corrected chi connectivity index (χ1v) is 8.32. The van der Waals surface area contributed by atoms with Crippen LogP contribution in [0.3, 0.4) is 0 Å². The van der Waals surface area contributed by atoms with Gasteiger partial charge in [-0.3, -0.25) is 4.79 Å². The second-order valence-corrected chi connectivity index (χ2v) is 5.90. The van der Waals surface area contributed by atoms with Gasteiger partial charge in [-0.25, -0.2) is 0 Å². The summed E-state index contributed by atoms with van der Waals surface area (Å²) in [6.07, 6.45) is 1.57. The lowest BCUT2D eigenvalue weighted by Gasteiger charge is -2.23. The van der Waals surface area contributed by atoms with E-state index in [0.717, 1.165) is 0 Å². The maximum atomic E-state index is 13.2. The molecule has 6 heteroatoms. The third-order valence-corrected chi connectivity index (χ3v) is 4.25. The van der Waals surface area contributed by atoms with E-state index in [-0.39, 0.29) is 12.5 Å². The third-order valence-electron chi connectivity index (χ3n) is 3.92. The summed E-state index contributed by atoms with van der Waals surface area (Å²) in [7, 11) is 3.11. The molecule has 1 aromatic heterocycles. The molecule has 0 unspecified atom stereocenters. The fourth-order valence-electron chi connectivity index (χ4n) is 2.61. The highest BCUT2D eigenvalue weighted by atomic mass is 35.5. The smallest absolute Gasteiger partial charge is 0.260 e. The predicted octanol–water partition coefficient (Wildman–Crippen LogP) is 4.80. The van der Waals surface area contributed by atoms with Crippen molar-refractivity contribution in [3.8, 4) is 11.5 Å². The van der Waals surface area contributed by atoms with Crippen molar-refractivity contribution >= 4 is 23.2 Å². The van der Waals surface area contributed by atoms with Crippen LogP contribution < -0.4 is 14.4 Å². The van der Waals surface area contributed by atoms with Crippen LogP contribution in [-0.2, 0) is 6.54 Å². The molecule has 0 aliphatic heterocycles. The summed E-state index contributed by atoms with van der Waals surface area (Å²) in [5.41, 5.74) is 1.06. The number of ether oxygens (including phenoxy) is 2. The summed E-state index contributed by atoms with van der Waals surface area (Å²) in [6, 6.07) is 15.8. The van der Waals surface area contributed by atoms with Crippen molar-refractivity contribution in [1.29, 1.82) is 0 Å². The Morgan fingerprint density at radius 3 is 2.46 bits per heavy atom. The van der Waals surface area contributed by atoms with Gasteiger partial charge in [-0.1, -0.05) is 23.7 Å². The van der Waals surface area contributed by atoms with Crippen molar-refractivity contribution in [3.05, 3.63) is 77.2 Å². The molecule has 134 valence electrons. The van der Waals surface area contributed by atoms with E-state index < -0.39 is 0 Å². The SMILES string of the molecule is COc1ccc(N(Cc2ccco2)C(=O)c2ccccc2Cl)cc1OC. The minimum absolute atomic E-state index is 0.237. The van der Waals surface area contributed by atoms with Crippen molar-refractivity contribution in [3.63, 3.8) is 0 Å². The molecule has 0 atom stereocenters. The molecule has 1 amide bonds. The molecule has 0 saturated heterocycles. The Hall–Kier alpha value is -2.92. The topological polar surface area (TPSA) is 51.9 Å². The van der Waals surface area contributed by atoms with Gasteiger partial charge in [0.05, 0.1) is 37.6 Å². The number of hydrogen-bond acceptors (Lipinski definition) is 4. The zero-order valence-electron chi connectivity index (χ0n) is 14.4. The summed E-state index contributed by atoms with van der Waals surface area (Å²) in [5.74, 6) is 1.53. The Balaban J connectivity index is 2.04. The van der Waals surface area contributed by atoms with Crippen LogP contribution in [0.5, 0.6) is 11.5 Å².